The van der Waals surface area contributed by atoms with Crippen LogP contribution in [0.4, 0.5) is 0 Å². The van der Waals surface area contributed by atoms with E-state index in [-0.39, 0.29) is 5.56 Å². The van der Waals surface area contributed by atoms with Gasteiger partial charge in [0.15, 0.2) is 0 Å². The Hall–Kier alpha value is -0.920. The number of carbonyl (C=O) groups is 1. The molecule has 0 aliphatic rings. The van der Waals surface area contributed by atoms with Gasteiger partial charge in [-0.15, -0.1) is 0 Å². The summed E-state index contributed by atoms with van der Waals surface area (Å²) in [7, 11) is 0. The smallest absolute Gasteiger partial charge is 0.335 e. The van der Waals surface area contributed by atoms with Gasteiger partial charge in [0.25, 0.3) is 5.19 Å². The summed E-state index contributed by atoms with van der Waals surface area (Å²) in [4.78, 5) is 14.9. The first-order valence-corrected chi connectivity index (χ1v) is 6.84. The Balaban J connectivity index is 2.31. The molecule has 1 heterocycles. The number of aromatic carboxylic acids is 1. The molecule has 0 atom stereocenters. The van der Waals surface area contributed by atoms with Crippen molar-refractivity contribution in [3.05, 3.63) is 38.2 Å². The fourth-order valence-corrected chi connectivity index (χ4v) is 2.52. The summed E-state index contributed by atoms with van der Waals surface area (Å²) in [5.41, 5.74) is 0.166. The Labute approximate surface area is 118 Å². The number of carboxylic acids is 1. The molecule has 1 aromatic carbocycles. The highest BCUT2D eigenvalue weighted by Crippen LogP contribution is 2.33. The van der Waals surface area contributed by atoms with Crippen LogP contribution in [0.25, 0.3) is 0 Å². The fraction of sp³-hybridized carbons (Fsp3) is 0. The van der Waals surface area contributed by atoms with Gasteiger partial charge in [0.05, 0.1) is 10.0 Å². The SMILES string of the molecule is O=C(O)c1ccc(Br)c(Oc2nc(Br)cs2)c1. The Bertz CT molecular complexity index is 570. The van der Waals surface area contributed by atoms with Crippen LogP contribution in [0.3, 0.4) is 0 Å². The summed E-state index contributed by atoms with van der Waals surface area (Å²) >= 11 is 7.83. The minimum Gasteiger partial charge on any atom is -0.478 e. The number of benzene rings is 1. The van der Waals surface area contributed by atoms with E-state index in [0.29, 0.717) is 20.0 Å². The van der Waals surface area contributed by atoms with Gasteiger partial charge in [-0.25, -0.2) is 4.79 Å². The van der Waals surface area contributed by atoms with Crippen molar-refractivity contribution in [3.63, 3.8) is 0 Å². The first-order chi connectivity index (χ1) is 8.06. The highest BCUT2D eigenvalue weighted by molar-refractivity contribution is 9.10. The number of hydrogen-bond donors (Lipinski definition) is 1. The van der Waals surface area contributed by atoms with Crippen molar-refractivity contribution in [2.24, 2.45) is 0 Å². The van der Waals surface area contributed by atoms with E-state index in [2.05, 4.69) is 36.8 Å². The third kappa shape index (κ3) is 3.05. The van der Waals surface area contributed by atoms with Gasteiger partial charge >= 0.3 is 5.97 Å². The number of carboxylic acid groups (broad SMARTS) is 1. The molecular formula is C10H5Br2NO3S. The molecule has 0 unspecified atom stereocenters. The first kappa shape index (κ1) is 12.5. The maximum Gasteiger partial charge on any atom is 0.335 e. The normalized spacial score (nSPS) is 10.2. The Morgan fingerprint density at radius 2 is 2.18 bits per heavy atom. The summed E-state index contributed by atoms with van der Waals surface area (Å²) < 4.78 is 6.85. The summed E-state index contributed by atoms with van der Waals surface area (Å²) in [5, 5.41) is 11.1. The van der Waals surface area contributed by atoms with Gasteiger partial charge in [-0.05, 0) is 50.1 Å². The second-order valence-electron chi connectivity index (χ2n) is 2.99. The molecule has 88 valence electrons. The topological polar surface area (TPSA) is 59.4 Å². The van der Waals surface area contributed by atoms with Gasteiger partial charge in [-0.1, -0.05) is 11.3 Å². The molecule has 0 spiro atoms. The van der Waals surface area contributed by atoms with E-state index in [1.54, 1.807) is 11.4 Å². The molecule has 2 aromatic rings. The van der Waals surface area contributed by atoms with Crippen molar-refractivity contribution >= 4 is 49.2 Å². The molecule has 0 saturated heterocycles. The Morgan fingerprint density at radius 1 is 1.41 bits per heavy atom. The predicted octanol–water partition coefficient (Wildman–Crippen LogP) is 4.16. The van der Waals surface area contributed by atoms with Crippen LogP contribution < -0.4 is 4.74 Å². The molecule has 1 aromatic heterocycles. The van der Waals surface area contributed by atoms with Crippen LogP contribution >= 0.6 is 43.2 Å². The molecule has 2 rings (SSSR count). The van der Waals surface area contributed by atoms with E-state index in [9.17, 15) is 4.79 Å². The summed E-state index contributed by atoms with van der Waals surface area (Å²) in [6, 6.07) is 4.57. The van der Waals surface area contributed by atoms with Crippen LogP contribution in [0.15, 0.2) is 32.7 Å². The molecule has 7 heteroatoms. The lowest BCUT2D eigenvalue weighted by atomic mass is 10.2. The highest BCUT2D eigenvalue weighted by Gasteiger charge is 2.10. The van der Waals surface area contributed by atoms with Crippen LogP contribution in [-0.2, 0) is 0 Å². The highest BCUT2D eigenvalue weighted by atomic mass is 79.9. The molecule has 1 N–H and O–H groups in total. The molecule has 0 saturated carbocycles. The number of rotatable bonds is 3. The lowest BCUT2D eigenvalue weighted by molar-refractivity contribution is 0.0696. The molecule has 0 bridgehead atoms. The van der Waals surface area contributed by atoms with Gasteiger partial charge in [0, 0.05) is 5.38 Å². The van der Waals surface area contributed by atoms with E-state index < -0.39 is 5.97 Å². The third-order valence-electron chi connectivity index (χ3n) is 1.83. The lowest BCUT2D eigenvalue weighted by Gasteiger charge is -2.05. The number of halogens is 2. The largest absolute Gasteiger partial charge is 0.478 e. The van der Waals surface area contributed by atoms with Crippen LogP contribution in [-0.4, -0.2) is 16.1 Å². The second-order valence-corrected chi connectivity index (χ2v) is 5.48. The van der Waals surface area contributed by atoms with Gasteiger partial charge < -0.3 is 9.84 Å². The van der Waals surface area contributed by atoms with Crippen LogP contribution in [0, 0.1) is 0 Å². The van der Waals surface area contributed by atoms with Gasteiger partial charge in [0.1, 0.15) is 10.4 Å². The number of nitrogens with zero attached hydrogens (tertiary/aromatic N) is 1. The Kier molecular flexibility index (Phi) is 3.80. The number of aromatic nitrogens is 1. The van der Waals surface area contributed by atoms with Gasteiger partial charge in [0.2, 0.25) is 0 Å². The van der Waals surface area contributed by atoms with Crippen molar-refractivity contribution in [2.75, 3.05) is 0 Å². The average Bonchev–Trinajstić information content (AvgIpc) is 2.67. The third-order valence-corrected chi connectivity index (χ3v) is 3.91. The van der Waals surface area contributed by atoms with E-state index >= 15 is 0 Å². The van der Waals surface area contributed by atoms with Gasteiger partial charge in [-0.2, -0.15) is 4.98 Å². The standard InChI is InChI=1S/C10H5Br2NO3S/c11-6-2-1-5(9(14)15)3-7(6)16-10-13-8(12)4-17-10/h1-4H,(H,14,15). The fourth-order valence-electron chi connectivity index (χ4n) is 1.09. The van der Waals surface area contributed by atoms with E-state index in [4.69, 9.17) is 9.84 Å². The van der Waals surface area contributed by atoms with Crippen molar-refractivity contribution in [1.29, 1.82) is 0 Å². The number of hydrogen-bond acceptors (Lipinski definition) is 4. The minimum atomic E-state index is -0.998. The quantitative estimate of drug-likeness (QED) is 0.871. The van der Waals surface area contributed by atoms with E-state index in [0.717, 1.165) is 0 Å². The molecular weight excluding hydrogens is 374 g/mol. The monoisotopic (exact) mass is 377 g/mol. The molecule has 0 aliphatic heterocycles. The second kappa shape index (κ2) is 5.16. The summed E-state index contributed by atoms with van der Waals surface area (Å²) in [5.74, 6) is -0.575. The molecule has 0 fully saturated rings. The first-order valence-electron chi connectivity index (χ1n) is 4.38. The minimum absolute atomic E-state index is 0.166. The van der Waals surface area contributed by atoms with Crippen molar-refractivity contribution in [1.82, 2.24) is 4.98 Å². The lowest BCUT2D eigenvalue weighted by Crippen LogP contribution is -1.96. The van der Waals surface area contributed by atoms with Crippen molar-refractivity contribution in [3.8, 4) is 10.9 Å². The zero-order valence-electron chi connectivity index (χ0n) is 8.18. The summed E-state index contributed by atoms with van der Waals surface area (Å²) in [6.07, 6.45) is 0. The maximum atomic E-state index is 10.8. The summed E-state index contributed by atoms with van der Waals surface area (Å²) in [6.45, 7) is 0. The van der Waals surface area contributed by atoms with Crippen molar-refractivity contribution < 1.29 is 14.6 Å². The van der Waals surface area contributed by atoms with E-state index in [1.807, 2.05) is 0 Å². The zero-order chi connectivity index (χ0) is 12.4. The van der Waals surface area contributed by atoms with E-state index in [1.165, 1.54) is 23.5 Å². The zero-order valence-corrected chi connectivity index (χ0v) is 12.2. The number of thiazole rings is 1. The van der Waals surface area contributed by atoms with Crippen molar-refractivity contribution in [2.45, 2.75) is 0 Å². The molecule has 4 nitrogen and oxygen atoms in total. The molecule has 0 aliphatic carbocycles. The average molecular weight is 379 g/mol. The molecule has 0 radical (unpaired) electrons. The van der Waals surface area contributed by atoms with Crippen LogP contribution in [0.5, 0.6) is 10.9 Å². The van der Waals surface area contributed by atoms with Crippen LogP contribution in [0.1, 0.15) is 10.4 Å². The van der Waals surface area contributed by atoms with Crippen LogP contribution in [0.2, 0.25) is 0 Å². The predicted molar refractivity (Wildman–Crippen MR) is 71.0 cm³/mol. The molecule has 17 heavy (non-hydrogen) atoms. The Morgan fingerprint density at radius 3 is 2.76 bits per heavy atom. The number of ether oxygens (including phenoxy) is 1. The van der Waals surface area contributed by atoms with Gasteiger partial charge in [-0.3, -0.25) is 0 Å². The maximum absolute atomic E-state index is 10.8. The molecule has 0 amide bonds.